The number of hydrogen-bond donors (Lipinski definition) is 3. The molecule has 0 heterocycles. The zero-order chi connectivity index (χ0) is 31.8. The zero-order valence-electron chi connectivity index (χ0n) is 22.9. The number of rotatable bonds is 8. The molecule has 4 N–H and O–H groups in total. The number of carbonyl (C=O) groups excluding carboxylic acids is 1. The minimum atomic E-state index is -4.23. The van der Waals surface area contributed by atoms with Crippen molar-refractivity contribution in [3.63, 3.8) is 0 Å². The quantitative estimate of drug-likeness (QED) is 0.214. The van der Waals surface area contributed by atoms with E-state index in [9.17, 15) is 31.1 Å². The van der Waals surface area contributed by atoms with Gasteiger partial charge in [0, 0.05) is 25.2 Å². The zero-order valence-corrected chi connectivity index (χ0v) is 22.9. The third-order valence-corrected chi connectivity index (χ3v) is 5.72. The molecule has 0 unspecified atom stereocenters. The highest BCUT2D eigenvalue weighted by Gasteiger charge is 2.36. The number of alkyl halides is 6. The van der Waals surface area contributed by atoms with Gasteiger partial charge in [-0.3, -0.25) is 4.79 Å². The fourth-order valence-electron chi connectivity index (χ4n) is 2.90. The summed E-state index contributed by atoms with van der Waals surface area (Å²) in [6.07, 6.45) is -7.68. The third-order valence-electron chi connectivity index (χ3n) is 5.72. The fraction of sp³-hybridized carbons (Fsp3) is 0.300. The van der Waals surface area contributed by atoms with Crippen LogP contribution in [0.4, 0.5) is 26.3 Å². The second kappa shape index (κ2) is 17.6. The maximum atomic E-state index is 12.2. The largest absolute Gasteiger partial charge is 0.403 e. The maximum absolute atomic E-state index is 12.2. The minimum Gasteiger partial charge on any atom is -0.326 e. The van der Waals surface area contributed by atoms with Gasteiger partial charge < -0.3 is 16.4 Å². The topological polar surface area (TPSA) is 115 Å². The van der Waals surface area contributed by atoms with E-state index in [1.807, 2.05) is 24.3 Å². The second-order valence-electron chi connectivity index (χ2n) is 8.97. The monoisotopic (exact) mass is 591 g/mol. The smallest absolute Gasteiger partial charge is 0.326 e. The molecule has 42 heavy (non-hydrogen) atoms. The number of benzene rings is 3. The molecule has 3 aromatic rings. The molecule has 0 saturated heterocycles. The van der Waals surface area contributed by atoms with Crippen LogP contribution in [-0.4, -0.2) is 30.7 Å². The van der Waals surface area contributed by atoms with Gasteiger partial charge in [0.2, 0.25) is 0 Å². The van der Waals surface area contributed by atoms with E-state index in [1.54, 1.807) is 60.7 Å². The van der Waals surface area contributed by atoms with E-state index in [-0.39, 0.29) is 13.1 Å². The normalized spacial score (nSPS) is 12.3. The lowest BCUT2D eigenvalue weighted by Crippen LogP contribution is -2.39. The van der Waals surface area contributed by atoms with Crippen LogP contribution in [0.2, 0.25) is 0 Å². The van der Waals surface area contributed by atoms with E-state index >= 15 is 0 Å². The lowest BCUT2D eigenvalue weighted by Gasteiger charge is -2.17. The summed E-state index contributed by atoms with van der Waals surface area (Å²) in [6.45, 7) is 2.95. The number of nitrogens with one attached hydrogen (secondary N) is 2. The van der Waals surface area contributed by atoms with Crippen LogP contribution in [0.3, 0.4) is 0 Å². The molecular formula is C30H31F6N5O. The summed E-state index contributed by atoms with van der Waals surface area (Å²) in [4.78, 5) is 10.1. The summed E-state index contributed by atoms with van der Waals surface area (Å²) < 4.78 is 73.1. The molecule has 12 heteroatoms. The average Bonchev–Trinajstić information content (AvgIpc) is 2.98. The first-order valence-corrected chi connectivity index (χ1v) is 12.6. The predicted octanol–water partition coefficient (Wildman–Crippen LogP) is 6.16. The molecule has 2 atom stereocenters. The first-order chi connectivity index (χ1) is 19.7. The second-order valence-corrected chi connectivity index (χ2v) is 8.97. The van der Waals surface area contributed by atoms with Gasteiger partial charge in [-0.2, -0.15) is 36.9 Å². The molecule has 0 bridgehead atoms. The summed E-state index contributed by atoms with van der Waals surface area (Å²) in [5, 5.41) is 21.7. The number of nitrogens with zero attached hydrogens (tertiary/aromatic N) is 2. The van der Waals surface area contributed by atoms with E-state index in [2.05, 4.69) is 10.6 Å². The van der Waals surface area contributed by atoms with E-state index in [0.717, 1.165) is 36.8 Å². The number of aldehydes is 1. The third kappa shape index (κ3) is 13.9. The summed E-state index contributed by atoms with van der Waals surface area (Å²) in [5.74, 6) is 0. The lowest BCUT2D eigenvalue weighted by atomic mass is 10.1. The summed E-state index contributed by atoms with van der Waals surface area (Å²) in [5.41, 5.74) is 9.58. The molecule has 0 fully saturated rings. The molecule has 0 radical (unpaired) electrons. The van der Waals surface area contributed by atoms with Gasteiger partial charge in [0.1, 0.15) is 18.4 Å². The van der Waals surface area contributed by atoms with Crippen molar-refractivity contribution in [3.05, 3.63) is 106 Å². The Morgan fingerprint density at radius 2 is 1.02 bits per heavy atom. The Bertz CT molecular complexity index is 1290. The van der Waals surface area contributed by atoms with Crippen LogP contribution in [0, 0.1) is 22.7 Å². The Morgan fingerprint density at radius 3 is 1.33 bits per heavy atom. The van der Waals surface area contributed by atoms with E-state index in [0.29, 0.717) is 23.2 Å². The van der Waals surface area contributed by atoms with E-state index in [1.165, 1.54) is 0 Å². The van der Waals surface area contributed by atoms with Crippen molar-refractivity contribution in [1.29, 1.82) is 10.5 Å². The van der Waals surface area contributed by atoms with Gasteiger partial charge in [0.25, 0.3) is 0 Å². The first-order valence-electron chi connectivity index (χ1n) is 12.6. The highest BCUT2D eigenvalue weighted by atomic mass is 19.4. The fourth-order valence-corrected chi connectivity index (χ4v) is 2.90. The van der Waals surface area contributed by atoms with Gasteiger partial charge in [0.05, 0.1) is 23.3 Å². The molecule has 0 saturated carbocycles. The van der Waals surface area contributed by atoms with E-state index in [4.69, 9.17) is 16.3 Å². The van der Waals surface area contributed by atoms with E-state index < -0.39 is 24.4 Å². The number of hydrogen-bond acceptors (Lipinski definition) is 6. The molecule has 0 aliphatic rings. The van der Waals surface area contributed by atoms with Crippen molar-refractivity contribution in [2.75, 3.05) is 0 Å². The van der Waals surface area contributed by atoms with Crippen LogP contribution in [0.5, 0.6) is 0 Å². The predicted molar refractivity (Wildman–Crippen MR) is 147 cm³/mol. The van der Waals surface area contributed by atoms with Crippen molar-refractivity contribution in [2.45, 2.75) is 57.9 Å². The molecule has 0 amide bonds. The van der Waals surface area contributed by atoms with Crippen molar-refractivity contribution < 1.29 is 31.1 Å². The van der Waals surface area contributed by atoms with Crippen LogP contribution >= 0.6 is 0 Å². The molecule has 3 aromatic carbocycles. The molecule has 0 spiro atoms. The van der Waals surface area contributed by atoms with Gasteiger partial charge in [-0.15, -0.1) is 0 Å². The standard InChI is InChI=1S/C11H15F3N2.C11H11F3N2.C8H5NO/c2*1-8(11(12,13)14)16-7-10-4-2-9(6-15)3-5-10;9-5-7-1-3-8(6-10)4-2-7/h2-5,8,16H,6-7,15H2,1H3;2-5,8,16H,7H2,1H3;1-4,6H/t2*8-;/m11./s1. The summed E-state index contributed by atoms with van der Waals surface area (Å²) in [7, 11) is 0. The van der Waals surface area contributed by atoms with Crippen LogP contribution in [-0.2, 0) is 19.6 Å². The molecule has 6 nitrogen and oxygen atoms in total. The average molecular weight is 592 g/mol. The number of halogens is 6. The Morgan fingerprint density at radius 1 is 0.690 bits per heavy atom. The Balaban J connectivity index is 0.000000324. The Hall–Kier alpha value is -4.23. The molecular weight excluding hydrogens is 560 g/mol. The van der Waals surface area contributed by atoms with Gasteiger partial charge in [0.15, 0.2) is 0 Å². The number of nitrogens with two attached hydrogens (primary N) is 1. The van der Waals surface area contributed by atoms with Crippen molar-refractivity contribution in [2.24, 2.45) is 5.73 Å². The van der Waals surface area contributed by atoms with Crippen molar-refractivity contribution >= 4 is 6.29 Å². The van der Waals surface area contributed by atoms with Gasteiger partial charge in [-0.05, 0) is 54.8 Å². The Labute approximate surface area is 240 Å². The minimum absolute atomic E-state index is 0.131. The molecule has 0 aliphatic carbocycles. The first kappa shape index (κ1) is 35.8. The van der Waals surface area contributed by atoms with Crippen LogP contribution in [0.1, 0.15) is 52.0 Å². The van der Waals surface area contributed by atoms with Crippen LogP contribution in [0.25, 0.3) is 0 Å². The molecule has 3 rings (SSSR count). The van der Waals surface area contributed by atoms with Crippen molar-refractivity contribution in [1.82, 2.24) is 10.6 Å². The number of nitriles is 2. The van der Waals surface area contributed by atoms with Gasteiger partial charge in [-0.1, -0.05) is 48.5 Å². The molecule has 0 aliphatic heterocycles. The Kier molecular flexibility index (Phi) is 15.0. The summed E-state index contributed by atoms with van der Waals surface area (Å²) >= 11 is 0. The molecule has 224 valence electrons. The lowest BCUT2D eigenvalue weighted by molar-refractivity contribution is -0.152. The van der Waals surface area contributed by atoms with Crippen LogP contribution in [0.15, 0.2) is 72.8 Å². The number of carbonyl (C=O) groups is 1. The highest BCUT2D eigenvalue weighted by molar-refractivity contribution is 5.74. The van der Waals surface area contributed by atoms with Gasteiger partial charge >= 0.3 is 12.4 Å². The van der Waals surface area contributed by atoms with Crippen LogP contribution < -0.4 is 16.4 Å². The summed E-state index contributed by atoms with van der Waals surface area (Å²) in [6, 6.07) is 20.9. The maximum Gasteiger partial charge on any atom is 0.403 e. The van der Waals surface area contributed by atoms with Gasteiger partial charge in [-0.25, -0.2) is 0 Å². The SMILES string of the molecule is C[C@@H](NCc1ccc(C#N)cc1)C(F)(F)F.C[C@@H](NCc1ccc(CN)cc1)C(F)(F)F.N#Cc1ccc(C=O)cc1. The van der Waals surface area contributed by atoms with Crippen molar-refractivity contribution in [3.8, 4) is 12.1 Å². The highest BCUT2D eigenvalue weighted by Crippen LogP contribution is 2.20. The molecule has 0 aromatic heterocycles.